The van der Waals surface area contributed by atoms with E-state index in [9.17, 15) is 9.59 Å². The van der Waals surface area contributed by atoms with Crippen molar-refractivity contribution in [3.05, 3.63) is 12.2 Å². The van der Waals surface area contributed by atoms with Gasteiger partial charge in [0.05, 0.1) is 6.61 Å². The van der Waals surface area contributed by atoms with Gasteiger partial charge in [0, 0.05) is 12.2 Å². The van der Waals surface area contributed by atoms with Crippen LogP contribution in [0.25, 0.3) is 0 Å². The molecule has 0 radical (unpaired) electrons. The van der Waals surface area contributed by atoms with E-state index in [-0.39, 0.29) is 6.10 Å². The maximum atomic E-state index is 11.5. The number of unbranched alkanes of at least 4 members (excludes halogenated alkanes) is 8. The Hall–Kier alpha value is -1.32. The highest BCUT2D eigenvalue weighted by Crippen LogP contribution is 2.09. The van der Waals surface area contributed by atoms with Crippen LogP contribution in [-0.2, 0) is 19.1 Å². The first-order chi connectivity index (χ1) is 11.6. The molecule has 0 N–H and O–H groups in total. The number of carbonyl (C=O) groups excluding carboxylic acids is 2. The molecule has 4 heteroatoms. The highest BCUT2D eigenvalue weighted by Gasteiger charge is 2.08. The van der Waals surface area contributed by atoms with Gasteiger partial charge >= 0.3 is 11.9 Å². The average Bonchev–Trinajstić information content (AvgIpc) is 2.59. The Balaban J connectivity index is 3.55. The largest absolute Gasteiger partial charge is 0.463 e. The fourth-order valence-corrected chi connectivity index (χ4v) is 2.43. The summed E-state index contributed by atoms with van der Waals surface area (Å²) < 4.78 is 10.2. The van der Waals surface area contributed by atoms with Crippen LogP contribution in [0.2, 0.25) is 0 Å². The third kappa shape index (κ3) is 14.3. The molecule has 0 bridgehead atoms. The number of hydrogen-bond acceptors (Lipinski definition) is 4. The lowest BCUT2D eigenvalue weighted by atomic mass is 10.1. The molecule has 0 heterocycles. The predicted molar refractivity (Wildman–Crippen MR) is 97.8 cm³/mol. The zero-order valence-electron chi connectivity index (χ0n) is 15.9. The minimum atomic E-state index is -0.483. The molecular weight excluding hydrogens is 304 g/mol. The maximum absolute atomic E-state index is 11.5. The van der Waals surface area contributed by atoms with Crippen LogP contribution in [0.3, 0.4) is 0 Å². The monoisotopic (exact) mass is 340 g/mol. The number of carbonyl (C=O) groups is 2. The van der Waals surface area contributed by atoms with Gasteiger partial charge in [-0.05, 0) is 19.3 Å². The first-order valence-corrected chi connectivity index (χ1v) is 9.69. The van der Waals surface area contributed by atoms with E-state index in [4.69, 9.17) is 9.47 Å². The van der Waals surface area contributed by atoms with E-state index in [1.54, 1.807) is 0 Å². The summed E-state index contributed by atoms with van der Waals surface area (Å²) in [4.78, 5) is 23.0. The summed E-state index contributed by atoms with van der Waals surface area (Å²) in [6, 6.07) is 0. The molecule has 0 aliphatic heterocycles. The Morgan fingerprint density at radius 1 is 0.750 bits per heavy atom. The first kappa shape index (κ1) is 22.7. The van der Waals surface area contributed by atoms with Gasteiger partial charge < -0.3 is 9.47 Å². The van der Waals surface area contributed by atoms with Crippen LogP contribution in [0.15, 0.2) is 12.2 Å². The summed E-state index contributed by atoms with van der Waals surface area (Å²) in [5.41, 5.74) is 0. The average molecular weight is 341 g/mol. The van der Waals surface area contributed by atoms with Crippen molar-refractivity contribution in [2.24, 2.45) is 0 Å². The number of esters is 2. The van der Waals surface area contributed by atoms with Crippen LogP contribution in [-0.4, -0.2) is 24.6 Å². The smallest absolute Gasteiger partial charge is 0.331 e. The molecule has 0 aliphatic carbocycles. The van der Waals surface area contributed by atoms with Crippen molar-refractivity contribution in [3.63, 3.8) is 0 Å². The van der Waals surface area contributed by atoms with Gasteiger partial charge in [0.25, 0.3) is 0 Å². The zero-order valence-corrected chi connectivity index (χ0v) is 15.9. The Labute approximate surface area is 148 Å². The molecular formula is C20H36O4. The fourth-order valence-electron chi connectivity index (χ4n) is 2.43. The fraction of sp³-hybridized carbons (Fsp3) is 0.800. The third-order valence-electron chi connectivity index (χ3n) is 4.04. The van der Waals surface area contributed by atoms with Crippen LogP contribution < -0.4 is 0 Å². The predicted octanol–water partition coefficient (Wildman–Crippen LogP) is 5.35. The summed E-state index contributed by atoms with van der Waals surface area (Å²) >= 11 is 0. The van der Waals surface area contributed by atoms with E-state index in [0.29, 0.717) is 6.61 Å². The van der Waals surface area contributed by atoms with Crippen molar-refractivity contribution in [1.82, 2.24) is 0 Å². The molecule has 0 saturated carbocycles. The van der Waals surface area contributed by atoms with E-state index in [1.807, 2.05) is 13.8 Å². The molecule has 0 aliphatic rings. The molecule has 0 rings (SSSR count). The third-order valence-corrected chi connectivity index (χ3v) is 4.04. The molecule has 0 unspecified atom stereocenters. The van der Waals surface area contributed by atoms with Crippen molar-refractivity contribution in [2.75, 3.05) is 6.61 Å². The van der Waals surface area contributed by atoms with Gasteiger partial charge in [-0.3, -0.25) is 0 Å². The van der Waals surface area contributed by atoms with Crippen LogP contribution in [0.1, 0.15) is 91.4 Å². The second kappa shape index (κ2) is 16.5. The summed E-state index contributed by atoms with van der Waals surface area (Å²) in [7, 11) is 0. The molecule has 24 heavy (non-hydrogen) atoms. The van der Waals surface area contributed by atoms with Gasteiger partial charge in [-0.2, -0.15) is 0 Å². The van der Waals surface area contributed by atoms with E-state index in [1.165, 1.54) is 44.9 Å². The second-order valence-corrected chi connectivity index (χ2v) is 6.20. The first-order valence-electron chi connectivity index (χ1n) is 9.69. The van der Waals surface area contributed by atoms with Gasteiger partial charge in [0.1, 0.15) is 6.10 Å². The standard InChI is InChI=1S/C20H36O4/c1-4-7-8-9-10-11-12-13-14-17-23-19(21)15-16-20(22)24-18(5-2)6-3/h15-16,18H,4-14,17H2,1-3H3/b16-15+. The van der Waals surface area contributed by atoms with Crippen LogP contribution in [0.4, 0.5) is 0 Å². The number of hydrogen-bond donors (Lipinski definition) is 0. The molecule has 0 aromatic rings. The van der Waals surface area contributed by atoms with Crippen LogP contribution >= 0.6 is 0 Å². The summed E-state index contributed by atoms with van der Waals surface area (Å²) in [6.45, 7) is 6.57. The van der Waals surface area contributed by atoms with Gasteiger partial charge in [-0.15, -0.1) is 0 Å². The van der Waals surface area contributed by atoms with Crippen molar-refractivity contribution < 1.29 is 19.1 Å². The van der Waals surface area contributed by atoms with Crippen LogP contribution in [0, 0.1) is 0 Å². The van der Waals surface area contributed by atoms with Gasteiger partial charge in [0.2, 0.25) is 0 Å². The lowest BCUT2D eigenvalue weighted by molar-refractivity contribution is -0.144. The molecule has 0 fully saturated rings. The molecule has 0 aromatic heterocycles. The minimum absolute atomic E-state index is 0.0832. The lowest BCUT2D eigenvalue weighted by Crippen LogP contribution is -2.15. The molecule has 0 spiro atoms. The van der Waals surface area contributed by atoms with Crippen molar-refractivity contribution in [2.45, 2.75) is 97.5 Å². The Morgan fingerprint density at radius 3 is 1.79 bits per heavy atom. The van der Waals surface area contributed by atoms with Gasteiger partial charge in [-0.1, -0.05) is 72.1 Å². The van der Waals surface area contributed by atoms with Gasteiger partial charge in [0.15, 0.2) is 0 Å². The maximum Gasteiger partial charge on any atom is 0.331 e. The Bertz CT molecular complexity index is 346. The highest BCUT2D eigenvalue weighted by molar-refractivity contribution is 5.91. The summed E-state index contributed by atoms with van der Waals surface area (Å²) in [6.07, 6.45) is 14.8. The normalized spacial score (nSPS) is 11.2. The quantitative estimate of drug-likeness (QED) is 0.229. The van der Waals surface area contributed by atoms with E-state index >= 15 is 0 Å². The molecule has 0 saturated heterocycles. The summed E-state index contributed by atoms with van der Waals surface area (Å²) in [5, 5.41) is 0. The highest BCUT2D eigenvalue weighted by atomic mass is 16.5. The minimum Gasteiger partial charge on any atom is -0.463 e. The van der Waals surface area contributed by atoms with Crippen molar-refractivity contribution >= 4 is 11.9 Å². The molecule has 4 nitrogen and oxygen atoms in total. The number of rotatable bonds is 15. The molecule has 0 amide bonds. The topological polar surface area (TPSA) is 52.6 Å². The second-order valence-electron chi connectivity index (χ2n) is 6.20. The van der Waals surface area contributed by atoms with Crippen molar-refractivity contribution in [1.29, 1.82) is 0 Å². The molecule has 0 atom stereocenters. The Morgan fingerprint density at radius 2 is 1.25 bits per heavy atom. The SMILES string of the molecule is CCCCCCCCCCCOC(=O)/C=C/C(=O)OC(CC)CC. The molecule has 140 valence electrons. The number of ether oxygens (including phenoxy) is 2. The van der Waals surface area contributed by atoms with Gasteiger partial charge in [-0.25, -0.2) is 9.59 Å². The van der Waals surface area contributed by atoms with Crippen LogP contribution in [0.5, 0.6) is 0 Å². The van der Waals surface area contributed by atoms with E-state index < -0.39 is 11.9 Å². The summed E-state index contributed by atoms with van der Waals surface area (Å²) in [5.74, 6) is -0.959. The van der Waals surface area contributed by atoms with E-state index in [2.05, 4.69) is 6.92 Å². The van der Waals surface area contributed by atoms with E-state index in [0.717, 1.165) is 37.8 Å². The Kier molecular flexibility index (Phi) is 15.6. The lowest BCUT2D eigenvalue weighted by Gasteiger charge is -2.11. The van der Waals surface area contributed by atoms with Crippen molar-refractivity contribution in [3.8, 4) is 0 Å². The zero-order chi connectivity index (χ0) is 18.0. The molecule has 0 aromatic carbocycles.